The van der Waals surface area contributed by atoms with Crippen LogP contribution in [0.2, 0.25) is 0 Å². The molecule has 2 aromatic carbocycles. The SMILES string of the molecule is CCCCCC1(CCCCC)O[C@@H]2[C@@H](C=C(C(=O)N(C)[C@H](Cc3ccccc3)C(=O)N[C@H](CO)CCC(=O)OC(C)(C)C)C[C@H]2OC(=O)c2cccc(C=C3CCC4O[C@]4(C)CC[C@@H]4[C@@H]3CC4(C)C)c2)O1. The maximum atomic E-state index is 15.0. The summed E-state index contributed by atoms with van der Waals surface area (Å²) >= 11 is 0. The van der Waals surface area contributed by atoms with Gasteiger partial charge in [-0.2, -0.15) is 0 Å². The van der Waals surface area contributed by atoms with Crippen LogP contribution in [0.25, 0.3) is 6.08 Å². The van der Waals surface area contributed by atoms with Crippen molar-refractivity contribution in [1.29, 1.82) is 0 Å². The van der Waals surface area contributed by atoms with Crippen LogP contribution in [0.15, 0.2) is 71.8 Å². The van der Waals surface area contributed by atoms with E-state index in [0.29, 0.717) is 41.9 Å². The normalized spacial score (nSPS) is 27.7. The van der Waals surface area contributed by atoms with Crippen LogP contribution in [0.1, 0.15) is 180 Å². The zero-order valence-corrected chi connectivity index (χ0v) is 44.3. The number of fused-ring (bicyclic) bond motifs is 3. The van der Waals surface area contributed by atoms with Crippen LogP contribution in [0.5, 0.6) is 0 Å². The van der Waals surface area contributed by atoms with Crippen molar-refractivity contribution in [3.63, 3.8) is 0 Å². The molecular formula is C59H84N2O10. The van der Waals surface area contributed by atoms with E-state index in [1.165, 1.54) is 10.5 Å². The highest BCUT2D eigenvalue weighted by atomic mass is 16.8. The molecule has 2 aliphatic heterocycles. The number of nitrogens with one attached hydrogen (secondary N) is 1. The number of nitrogens with zero attached hydrogens (tertiary/aromatic N) is 1. The number of benzene rings is 2. The van der Waals surface area contributed by atoms with E-state index >= 15 is 0 Å². The van der Waals surface area contributed by atoms with Gasteiger partial charge in [-0.25, -0.2) is 4.79 Å². The first-order valence-corrected chi connectivity index (χ1v) is 27.0. The highest BCUT2D eigenvalue weighted by molar-refractivity contribution is 5.97. The van der Waals surface area contributed by atoms with Crippen LogP contribution < -0.4 is 5.32 Å². The first kappa shape index (κ1) is 54.4. The van der Waals surface area contributed by atoms with Crippen molar-refractivity contribution in [1.82, 2.24) is 10.2 Å². The van der Waals surface area contributed by atoms with E-state index in [2.05, 4.69) is 52.1 Å². The van der Waals surface area contributed by atoms with Crippen molar-refractivity contribution in [2.75, 3.05) is 13.7 Å². The van der Waals surface area contributed by atoms with Gasteiger partial charge in [-0.15, -0.1) is 0 Å². The van der Waals surface area contributed by atoms with Gasteiger partial charge in [0, 0.05) is 44.7 Å². The Labute approximate surface area is 424 Å². The molecule has 4 fully saturated rings. The number of likely N-dealkylation sites (N-methyl/N-ethyl adjacent to an activating group) is 1. The largest absolute Gasteiger partial charge is 0.460 e. The first-order chi connectivity index (χ1) is 33.8. The summed E-state index contributed by atoms with van der Waals surface area (Å²) in [6, 6.07) is 15.4. The number of rotatable bonds is 21. The number of esters is 2. The number of aliphatic hydroxyl groups is 1. The molecule has 2 saturated heterocycles. The van der Waals surface area contributed by atoms with E-state index in [0.717, 1.165) is 81.8 Å². The maximum absolute atomic E-state index is 15.0. The van der Waals surface area contributed by atoms with Crippen LogP contribution in [0.3, 0.4) is 0 Å². The van der Waals surface area contributed by atoms with Crippen molar-refractivity contribution in [3.05, 3.63) is 88.5 Å². The van der Waals surface area contributed by atoms with Gasteiger partial charge >= 0.3 is 11.9 Å². The number of carbonyl (C=O) groups excluding carboxylic acids is 4. The van der Waals surface area contributed by atoms with Crippen molar-refractivity contribution >= 4 is 29.8 Å². The first-order valence-electron chi connectivity index (χ1n) is 27.0. The monoisotopic (exact) mass is 981 g/mol. The Bertz CT molecular complexity index is 2220. The predicted molar refractivity (Wildman–Crippen MR) is 275 cm³/mol. The minimum absolute atomic E-state index is 0.00468. The number of ether oxygens (including phenoxy) is 5. The van der Waals surface area contributed by atoms with Gasteiger partial charge in [0.05, 0.1) is 29.9 Å². The molecule has 3 aliphatic carbocycles. The molecule has 2 N–H and O–H groups in total. The Balaban J connectivity index is 1.14. The van der Waals surface area contributed by atoms with E-state index in [-0.39, 0.29) is 36.7 Å². The van der Waals surface area contributed by atoms with Gasteiger partial charge in [-0.3, -0.25) is 14.4 Å². The summed E-state index contributed by atoms with van der Waals surface area (Å²) in [6.45, 7) is 16.3. The van der Waals surface area contributed by atoms with E-state index in [9.17, 15) is 24.3 Å². The lowest BCUT2D eigenvalue weighted by Gasteiger charge is -2.53. The summed E-state index contributed by atoms with van der Waals surface area (Å²) in [5.74, 6) is -1.63. The Kier molecular flexibility index (Phi) is 17.8. The second-order valence-electron chi connectivity index (χ2n) is 23.2. The molecule has 0 bridgehead atoms. The summed E-state index contributed by atoms with van der Waals surface area (Å²) in [4.78, 5) is 57.8. The summed E-state index contributed by atoms with van der Waals surface area (Å²) in [7, 11) is 1.60. The fraction of sp³-hybridized carbons (Fsp3) is 0.661. The average molecular weight is 981 g/mol. The molecule has 9 atom stereocenters. The lowest BCUT2D eigenvalue weighted by Crippen LogP contribution is -2.53. The molecule has 2 saturated carbocycles. The molecule has 12 nitrogen and oxygen atoms in total. The van der Waals surface area contributed by atoms with Crippen LogP contribution in [0.4, 0.5) is 0 Å². The third-order valence-corrected chi connectivity index (χ3v) is 15.9. The molecule has 7 rings (SSSR count). The van der Waals surface area contributed by atoms with Gasteiger partial charge in [0.2, 0.25) is 11.8 Å². The predicted octanol–water partition coefficient (Wildman–Crippen LogP) is 10.6. The standard InChI is InChI=1S/C59H84N2O10/c1-10-12-17-29-59(30-18-13-11-2)68-49-36-43(54(65)61(9)47(34-39-20-15-14-16-21-39)53(64)60-44(38-62)25-27-51(63)70-56(3,4)5)35-48(52(49)71-59)67-55(66)42-23-19-22-40(33-42)32-41-24-26-50-58(8,69-50)31-28-46-45(41)37-57(46,6)7/h14-16,19-23,32-33,36,44-50,52,62H,10-13,17-18,24-31,34-35,37-38H2,1-9H3,(H,60,64)/t44-,45+,46+,47+,48+,49+,50?,52-,58+/m0/s1. The average Bonchev–Trinajstić information content (AvgIpc) is 3.81. The van der Waals surface area contributed by atoms with Crippen LogP contribution in [-0.2, 0) is 44.5 Å². The summed E-state index contributed by atoms with van der Waals surface area (Å²) in [5.41, 5.74) is 3.60. The van der Waals surface area contributed by atoms with Crippen molar-refractivity contribution < 1.29 is 48.0 Å². The number of carbonyl (C=O) groups is 4. The van der Waals surface area contributed by atoms with E-state index < -0.39 is 72.1 Å². The number of allylic oxidation sites excluding steroid dienone is 1. The number of unbranched alkanes of at least 4 members (excludes halogenated alkanes) is 4. The Hall–Kier alpha value is -4.36. The van der Waals surface area contributed by atoms with Gasteiger partial charge in [-0.1, -0.05) is 107 Å². The molecule has 0 spiro atoms. The van der Waals surface area contributed by atoms with Crippen LogP contribution >= 0.6 is 0 Å². The molecule has 390 valence electrons. The Morgan fingerprint density at radius 2 is 1.65 bits per heavy atom. The number of hydrogen-bond donors (Lipinski definition) is 2. The molecule has 1 unspecified atom stereocenters. The van der Waals surface area contributed by atoms with Gasteiger partial charge in [-0.05, 0) is 126 Å². The lowest BCUT2D eigenvalue weighted by molar-refractivity contribution is -0.190. The molecule has 12 heteroatoms. The molecule has 5 aliphatic rings. The smallest absolute Gasteiger partial charge is 0.338 e. The molecule has 0 radical (unpaired) electrons. The second-order valence-corrected chi connectivity index (χ2v) is 23.2. The van der Waals surface area contributed by atoms with Crippen molar-refractivity contribution in [2.24, 2.45) is 17.3 Å². The van der Waals surface area contributed by atoms with Crippen molar-refractivity contribution in [2.45, 2.75) is 218 Å². The topological polar surface area (TPSA) is 153 Å². The summed E-state index contributed by atoms with van der Waals surface area (Å²) in [6.07, 6.45) is 15.2. The molecule has 2 amide bonds. The van der Waals surface area contributed by atoms with E-state index in [1.54, 1.807) is 33.9 Å². The lowest BCUT2D eigenvalue weighted by atomic mass is 9.52. The van der Waals surface area contributed by atoms with Crippen LogP contribution in [-0.4, -0.2) is 101 Å². The molecule has 2 aromatic rings. The minimum atomic E-state index is -0.996. The van der Waals surface area contributed by atoms with E-state index in [1.807, 2.05) is 48.5 Å². The maximum Gasteiger partial charge on any atom is 0.338 e. The molecule has 0 aromatic heterocycles. The quantitative estimate of drug-likeness (QED) is 0.0702. The molecular weight excluding hydrogens is 897 g/mol. The number of aliphatic hydroxyl groups excluding tert-OH is 1. The zero-order valence-electron chi connectivity index (χ0n) is 44.3. The molecule has 2 heterocycles. The Morgan fingerprint density at radius 3 is 2.31 bits per heavy atom. The van der Waals surface area contributed by atoms with Crippen LogP contribution in [0, 0.1) is 17.3 Å². The Morgan fingerprint density at radius 1 is 0.930 bits per heavy atom. The van der Waals surface area contributed by atoms with Gasteiger partial charge < -0.3 is 39.0 Å². The fourth-order valence-corrected chi connectivity index (χ4v) is 11.8. The highest BCUT2D eigenvalue weighted by Crippen LogP contribution is 2.60. The summed E-state index contributed by atoms with van der Waals surface area (Å²) < 4.78 is 32.1. The zero-order chi connectivity index (χ0) is 51.1. The van der Waals surface area contributed by atoms with Gasteiger partial charge in [0.1, 0.15) is 30.0 Å². The highest BCUT2D eigenvalue weighted by Gasteiger charge is 2.56. The summed E-state index contributed by atoms with van der Waals surface area (Å²) in [5, 5.41) is 13.3. The second kappa shape index (κ2) is 23.2. The number of epoxide rings is 1. The third-order valence-electron chi connectivity index (χ3n) is 15.9. The van der Waals surface area contributed by atoms with Gasteiger partial charge in [0.15, 0.2) is 5.79 Å². The van der Waals surface area contributed by atoms with E-state index in [4.69, 9.17) is 23.7 Å². The van der Waals surface area contributed by atoms with Gasteiger partial charge in [0.25, 0.3) is 0 Å². The number of hydrogen-bond acceptors (Lipinski definition) is 10. The minimum Gasteiger partial charge on any atom is -0.460 e. The van der Waals surface area contributed by atoms with Crippen molar-refractivity contribution in [3.8, 4) is 0 Å². The fourth-order valence-electron chi connectivity index (χ4n) is 11.8. The third kappa shape index (κ3) is 13.8. The molecule has 71 heavy (non-hydrogen) atoms. The number of amides is 2.